The fourth-order valence-electron chi connectivity index (χ4n) is 0.685. The van der Waals surface area contributed by atoms with Crippen molar-refractivity contribution in [2.24, 2.45) is 0 Å². The van der Waals surface area contributed by atoms with Crippen LogP contribution in [0.15, 0.2) is 21.1 Å². The molecule has 60 valence electrons. The van der Waals surface area contributed by atoms with Crippen molar-refractivity contribution in [3.05, 3.63) is 32.5 Å². The molecule has 0 spiro atoms. The van der Waals surface area contributed by atoms with E-state index in [9.17, 15) is 4.39 Å². The Morgan fingerprint density at radius 2 is 1.91 bits per heavy atom. The predicted octanol–water partition coefficient (Wildman–Crippen LogP) is 4.25. The minimum Gasteiger partial charge on any atom is -0.206 e. The van der Waals surface area contributed by atoms with Crippen LogP contribution in [0.25, 0.3) is 0 Å². The van der Waals surface area contributed by atoms with Crippen LogP contribution in [0.4, 0.5) is 4.39 Å². The standard InChI is InChI=1S/C7H4Br3F/c8-3-4-1-5(9)7(10)6(11)2-4/h1-2H,3H2. The van der Waals surface area contributed by atoms with E-state index >= 15 is 0 Å². The summed E-state index contributed by atoms with van der Waals surface area (Å²) >= 11 is 9.58. The zero-order valence-corrected chi connectivity index (χ0v) is 10.1. The second-order valence-corrected chi connectivity index (χ2v) is 4.22. The number of benzene rings is 1. The van der Waals surface area contributed by atoms with Crippen LogP contribution in [0.5, 0.6) is 0 Å². The number of hydrogen-bond acceptors (Lipinski definition) is 0. The molecule has 0 saturated carbocycles. The van der Waals surface area contributed by atoms with Gasteiger partial charge in [-0.3, -0.25) is 0 Å². The van der Waals surface area contributed by atoms with Crippen LogP contribution < -0.4 is 0 Å². The largest absolute Gasteiger partial charge is 0.206 e. The summed E-state index contributed by atoms with van der Waals surface area (Å²) in [7, 11) is 0. The van der Waals surface area contributed by atoms with Gasteiger partial charge in [-0.25, -0.2) is 4.39 Å². The summed E-state index contributed by atoms with van der Waals surface area (Å²) in [5, 5.41) is 0.662. The third-order valence-corrected chi connectivity index (χ3v) is 3.81. The minimum atomic E-state index is -0.242. The third kappa shape index (κ3) is 2.26. The molecule has 1 aromatic carbocycles. The van der Waals surface area contributed by atoms with E-state index in [1.165, 1.54) is 6.07 Å². The topological polar surface area (TPSA) is 0 Å². The lowest BCUT2D eigenvalue weighted by Crippen LogP contribution is -1.83. The van der Waals surface area contributed by atoms with Gasteiger partial charge >= 0.3 is 0 Å². The van der Waals surface area contributed by atoms with Gasteiger partial charge in [0.2, 0.25) is 0 Å². The SMILES string of the molecule is Fc1cc(CBr)cc(Br)c1Br. The molecule has 1 aromatic rings. The van der Waals surface area contributed by atoms with E-state index in [0.717, 1.165) is 10.0 Å². The number of rotatable bonds is 1. The van der Waals surface area contributed by atoms with Gasteiger partial charge in [-0.1, -0.05) is 15.9 Å². The Morgan fingerprint density at radius 3 is 2.36 bits per heavy atom. The molecule has 4 heteroatoms. The molecule has 0 atom stereocenters. The van der Waals surface area contributed by atoms with Gasteiger partial charge in [0.1, 0.15) is 5.82 Å². The van der Waals surface area contributed by atoms with Gasteiger partial charge in [0.15, 0.2) is 0 Å². The summed E-state index contributed by atoms with van der Waals surface area (Å²) in [6, 6.07) is 3.35. The lowest BCUT2D eigenvalue weighted by molar-refractivity contribution is 0.618. The maximum atomic E-state index is 12.9. The average molecular weight is 347 g/mol. The van der Waals surface area contributed by atoms with Crippen LogP contribution in [0, 0.1) is 5.82 Å². The molecule has 1 rings (SSSR count). The molecule has 0 amide bonds. The third-order valence-electron chi connectivity index (χ3n) is 1.20. The van der Waals surface area contributed by atoms with Crippen molar-refractivity contribution >= 4 is 47.8 Å². The van der Waals surface area contributed by atoms with E-state index in [2.05, 4.69) is 47.8 Å². The fourth-order valence-corrected chi connectivity index (χ4v) is 1.72. The summed E-state index contributed by atoms with van der Waals surface area (Å²) in [6.45, 7) is 0. The Bertz CT molecular complexity index is 249. The minimum absolute atomic E-state index is 0.242. The molecule has 0 unspecified atom stereocenters. The monoisotopic (exact) mass is 344 g/mol. The van der Waals surface area contributed by atoms with Gasteiger partial charge in [-0.05, 0) is 49.6 Å². The number of hydrogen-bond donors (Lipinski definition) is 0. The van der Waals surface area contributed by atoms with Crippen molar-refractivity contribution in [1.82, 2.24) is 0 Å². The summed E-state index contributed by atoms with van der Waals surface area (Å²) in [5.74, 6) is -0.242. The summed E-state index contributed by atoms with van der Waals surface area (Å²) in [6.07, 6.45) is 0. The van der Waals surface area contributed by atoms with Gasteiger partial charge in [0.05, 0.1) is 4.47 Å². The first-order chi connectivity index (χ1) is 5.15. The van der Waals surface area contributed by atoms with Crippen molar-refractivity contribution in [3.63, 3.8) is 0 Å². The Morgan fingerprint density at radius 1 is 1.27 bits per heavy atom. The highest BCUT2D eigenvalue weighted by molar-refractivity contribution is 9.13. The highest BCUT2D eigenvalue weighted by atomic mass is 79.9. The zero-order chi connectivity index (χ0) is 8.43. The smallest absolute Gasteiger partial charge is 0.138 e. The first-order valence-corrected chi connectivity index (χ1v) is 5.55. The maximum Gasteiger partial charge on any atom is 0.138 e. The van der Waals surface area contributed by atoms with Gasteiger partial charge in [-0.15, -0.1) is 0 Å². The summed E-state index contributed by atoms with van der Waals surface area (Å²) in [4.78, 5) is 0. The van der Waals surface area contributed by atoms with Crippen LogP contribution in [0.3, 0.4) is 0 Å². The Balaban J connectivity index is 3.21. The van der Waals surface area contributed by atoms with E-state index < -0.39 is 0 Å². The molecule has 0 bridgehead atoms. The number of alkyl halides is 1. The highest BCUT2D eigenvalue weighted by Crippen LogP contribution is 2.27. The van der Waals surface area contributed by atoms with Crippen molar-refractivity contribution < 1.29 is 4.39 Å². The second-order valence-electron chi connectivity index (χ2n) is 2.01. The number of halogens is 4. The molecule has 0 nitrogen and oxygen atoms in total. The molecule has 0 aromatic heterocycles. The second kappa shape index (κ2) is 4.01. The van der Waals surface area contributed by atoms with E-state index in [1.807, 2.05) is 6.07 Å². The molecule has 0 aliphatic heterocycles. The first-order valence-electron chi connectivity index (χ1n) is 2.84. The van der Waals surface area contributed by atoms with Gasteiger partial charge in [-0.2, -0.15) is 0 Å². The van der Waals surface area contributed by atoms with E-state index in [-0.39, 0.29) is 5.82 Å². The quantitative estimate of drug-likeness (QED) is 0.527. The molecule has 0 aliphatic carbocycles. The van der Waals surface area contributed by atoms with Gasteiger partial charge < -0.3 is 0 Å². The highest BCUT2D eigenvalue weighted by Gasteiger charge is 2.04. The van der Waals surface area contributed by atoms with E-state index in [4.69, 9.17) is 0 Å². The predicted molar refractivity (Wildman–Crippen MR) is 54.4 cm³/mol. The Labute approximate surface area is 89.6 Å². The van der Waals surface area contributed by atoms with E-state index in [1.54, 1.807) is 0 Å². The van der Waals surface area contributed by atoms with Crippen molar-refractivity contribution in [2.45, 2.75) is 5.33 Å². The Hall–Kier alpha value is 0.590. The normalized spacial score (nSPS) is 10.2. The molecular formula is C7H4Br3F. The van der Waals surface area contributed by atoms with Crippen LogP contribution in [0.1, 0.15) is 5.56 Å². The maximum absolute atomic E-state index is 12.9. The lowest BCUT2D eigenvalue weighted by Gasteiger charge is -2.00. The summed E-state index contributed by atoms with van der Waals surface area (Å²) in [5.41, 5.74) is 0.914. The van der Waals surface area contributed by atoms with Gasteiger partial charge in [0.25, 0.3) is 0 Å². The van der Waals surface area contributed by atoms with Crippen molar-refractivity contribution in [1.29, 1.82) is 0 Å². The molecular weight excluding hydrogens is 343 g/mol. The Kier molecular flexibility index (Phi) is 3.52. The fraction of sp³-hybridized carbons (Fsp3) is 0.143. The molecule has 11 heavy (non-hydrogen) atoms. The van der Waals surface area contributed by atoms with Crippen molar-refractivity contribution in [2.75, 3.05) is 0 Å². The van der Waals surface area contributed by atoms with Gasteiger partial charge in [0, 0.05) is 9.80 Å². The molecule has 0 saturated heterocycles. The van der Waals surface area contributed by atoms with Crippen molar-refractivity contribution in [3.8, 4) is 0 Å². The van der Waals surface area contributed by atoms with Crippen LogP contribution >= 0.6 is 47.8 Å². The molecule has 0 aliphatic rings. The molecule has 0 heterocycles. The van der Waals surface area contributed by atoms with Crippen LogP contribution in [-0.4, -0.2) is 0 Å². The molecule has 0 fully saturated rings. The molecule has 0 radical (unpaired) electrons. The zero-order valence-electron chi connectivity index (χ0n) is 5.37. The first kappa shape index (κ1) is 9.68. The summed E-state index contributed by atoms with van der Waals surface area (Å²) < 4.78 is 14.1. The van der Waals surface area contributed by atoms with E-state index in [0.29, 0.717) is 9.80 Å². The average Bonchev–Trinajstić information content (AvgIpc) is 1.99. The molecule has 0 N–H and O–H groups in total. The van der Waals surface area contributed by atoms with Crippen LogP contribution in [-0.2, 0) is 5.33 Å². The lowest BCUT2D eigenvalue weighted by atomic mass is 10.2. The van der Waals surface area contributed by atoms with Crippen LogP contribution in [0.2, 0.25) is 0 Å².